The predicted octanol–water partition coefficient (Wildman–Crippen LogP) is 3.64. The lowest BCUT2D eigenvalue weighted by molar-refractivity contribution is 0.184. The van der Waals surface area contributed by atoms with Gasteiger partial charge in [-0.05, 0) is 36.4 Å². The van der Waals surface area contributed by atoms with Crippen LogP contribution in [0.25, 0.3) is 10.1 Å². The second-order valence-corrected chi connectivity index (χ2v) is 7.75. The zero-order valence-electron chi connectivity index (χ0n) is 16.2. The molecule has 0 spiro atoms. The summed E-state index contributed by atoms with van der Waals surface area (Å²) in [5.74, 6) is 1.10. The lowest BCUT2D eigenvalue weighted by atomic mass is 10.2. The smallest absolute Gasteiger partial charge is 0.191 e. The average Bonchev–Trinajstić information content (AvgIpc) is 3.33. The third-order valence-electron chi connectivity index (χ3n) is 4.20. The summed E-state index contributed by atoms with van der Waals surface area (Å²) >= 11 is 1.63. The number of hydrogen-bond acceptors (Lipinski definition) is 4. The molecule has 28 heavy (non-hydrogen) atoms. The largest absolute Gasteiger partial charge is 0.386 e. The van der Waals surface area contributed by atoms with Crippen LogP contribution in [0.2, 0.25) is 0 Å². The first-order valence-corrected chi connectivity index (χ1v) is 10.1. The van der Waals surface area contributed by atoms with Crippen molar-refractivity contribution in [2.24, 2.45) is 10.9 Å². The van der Waals surface area contributed by atoms with Crippen molar-refractivity contribution in [3.8, 4) is 0 Å². The molecule has 0 aliphatic carbocycles. The zero-order chi connectivity index (χ0) is 19.1. The zero-order valence-corrected chi connectivity index (χ0v) is 19.4. The van der Waals surface area contributed by atoms with Gasteiger partial charge >= 0.3 is 0 Å². The third kappa shape index (κ3) is 6.46. The van der Waals surface area contributed by atoms with Crippen LogP contribution in [0.3, 0.4) is 0 Å². The van der Waals surface area contributed by atoms with Gasteiger partial charge in [-0.15, -0.1) is 35.3 Å². The van der Waals surface area contributed by atoms with Crippen molar-refractivity contribution in [2.45, 2.75) is 26.5 Å². The van der Waals surface area contributed by atoms with Crippen molar-refractivity contribution in [1.82, 2.24) is 20.4 Å². The Balaban J connectivity index is 0.00000280. The van der Waals surface area contributed by atoms with E-state index >= 15 is 0 Å². The molecule has 0 radical (unpaired) electrons. The van der Waals surface area contributed by atoms with Gasteiger partial charge in [0.1, 0.15) is 6.10 Å². The van der Waals surface area contributed by atoms with Crippen molar-refractivity contribution < 1.29 is 5.11 Å². The fourth-order valence-corrected chi connectivity index (χ4v) is 3.89. The molecule has 0 saturated heterocycles. The first-order valence-electron chi connectivity index (χ1n) is 9.32. The van der Waals surface area contributed by atoms with Crippen molar-refractivity contribution >= 4 is 51.4 Å². The summed E-state index contributed by atoms with van der Waals surface area (Å²) in [6, 6.07) is 12.2. The Morgan fingerprint density at radius 2 is 2.11 bits per heavy atom. The molecular weight excluding hydrogens is 485 g/mol. The number of nitrogens with one attached hydrogen (secondary N) is 2. The van der Waals surface area contributed by atoms with Crippen LogP contribution in [-0.2, 0) is 6.54 Å². The minimum Gasteiger partial charge on any atom is -0.386 e. The maximum absolute atomic E-state index is 10.5. The summed E-state index contributed by atoms with van der Waals surface area (Å²) < 4.78 is 3.12. The Kier molecular flexibility index (Phi) is 9.20. The van der Waals surface area contributed by atoms with Gasteiger partial charge in [0, 0.05) is 48.1 Å². The minimum atomic E-state index is -0.562. The van der Waals surface area contributed by atoms with Crippen LogP contribution in [0, 0.1) is 5.92 Å². The monoisotopic (exact) mass is 513 g/mol. The Morgan fingerprint density at radius 1 is 1.29 bits per heavy atom. The van der Waals surface area contributed by atoms with Gasteiger partial charge in [-0.25, -0.2) is 0 Å². The predicted molar refractivity (Wildman–Crippen MR) is 128 cm³/mol. The summed E-state index contributed by atoms with van der Waals surface area (Å²) in [7, 11) is 0. The van der Waals surface area contributed by atoms with Gasteiger partial charge in [0.15, 0.2) is 5.96 Å². The highest BCUT2D eigenvalue weighted by Crippen LogP contribution is 2.29. The van der Waals surface area contributed by atoms with Crippen LogP contribution in [-0.4, -0.2) is 40.5 Å². The average molecular weight is 513 g/mol. The molecule has 0 bridgehead atoms. The van der Waals surface area contributed by atoms with Crippen LogP contribution < -0.4 is 10.6 Å². The van der Waals surface area contributed by atoms with E-state index in [4.69, 9.17) is 0 Å². The van der Waals surface area contributed by atoms with Crippen LogP contribution in [0.4, 0.5) is 0 Å². The van der Waals surface area contributed by atoms with E-state index in [9.17, 15) is 5.11 Å². The molecule has 2 heterocycles. The van der Waals surface area contributed by atoms with Crippen LogP contribution in [0.1, 0.15) is 24.8 Å². The number of guanidine groups is 1. The molecule has 2 aromatic heterocycles. The quantitative estimate of drug-likeness (QED) is 0.244. The first kappa shape index (κ1) is 22.6. The SMILES string of the molecule is CCNC(=NCC(C)Cn1cccn1)NCC(O)c1cc2ccccc2s1.I. The number of nitrogens with zero attached hydrogens (tertiary/aromatic N) is 3. The Hall–Kier alpha value is -1.65. The molecule has 0 aliphatic heterocycles. The number of aliphatic hydroxyl groups is 1. The van der Waals surface area contributed by atoms with Crippen molar-refractivity contribution in [3.05, 3.63) is 53.7 Å². The van der Waals surface area contributed by atoms with E-state index in [0.29, 0.717) is 19.0 Å². The standard InChI is InChI=1S/C20H27N5OS.HI/c1-3-21-20(22-12-15(2)14-25-10-6-9-24-25)23-13-17(26)19-11-16-7-4-5-8-18(16)27-19;/h4-11,15,17,26H,3,12-14H2,1-2H3,(H2,21,22,23);1H. The van der Waals surface area contributed by atoms with Gasteiger partial charge in [0.25, 0.3) is 0 Å². The molecule has 1 aromatic carbocycles. The number of thiophene rings is 1. The van der Waals surface area contributed by atoms with Crippen molar-refractivity contribution in [3.63, 3.8) is 0 Å². The third-order valence-corrected chi connectivity index (χ3v) is 5.42. The Labute approximate surface area is 187 Å². The summed E-state index contributed by atoms with van der Waals surface area (Å²) in [6.45, 7) is 6.91. The van der Waals surface area contributed by atoms with Crippen LogP contribution in [0.5, 0.6) is 0 Å². The number of hydrogen-bond donors (Lipinski definition) is 3. The lowest BCUT2D eigenvalue weighted by Gasteiger charge is -2.15. The van der Waals surface area contributed by atoms with Gasteiger partial charge in [-0.1, -0.05) is 25.1 Å². The molecule has 152 valence electrons. The van der Waals surface area contributed by atoms with Gasteiger partial charge in [-0.2, -0.15) is 5.10 Å². The number of aliphatic imine (C=N–C) groups is 1. The molecular formula is C20H28IN5OS. The molecule has 0 fully saturated rings. The lowest BCUT2D eigenvalue weighted by Crippen LogP contribution is -2.39. The number of aromatic nitrogens is 2. The highest BCUT2D eigenvalue weighted by molar-refractivity contribution is 14.0. The molecule has 6 nitrogen and oxygen atoms in total. The van der Waals surface area contributed by atoms with Gasteiger partial charge in [0.2, 0.25) is 0 Å². The van der Waals surface area contributed by atoms with E-state index in [2.05, 4.69) is 45.8 Å². The summed E-state index contributed by atoms with van der Waals surface area (Å²) in [4.78, 5) is 5.61. The number of rotatable bonds is 8. The Morgan fingerprint density at radius 3 is 2.82 bits per heavy atom. The molecule has 3 N–H and O–H groups in total. The number of benzene rings is 1. The molecule has 2 unspecified atom stereocenters. The second kappa shape index (κ2) is 11.4. The summed E-state index contributed by atoms with van der Waals surface area (Å²) in [5.41, 5.74) is 0. The molecule has 0 aliphatic rings. The van der Waals surface area contributed by atoms with Gasteiger partial charge in [0.05, 0.1) is 0 Å². The molecule has 0 saturated carbocycles. The highest BCUT2D eigenvalue weighted by Gasteiger charge is 2.12. The van der Waals surface area contributed by atoms with Gasteiger partial charge < -0.3 is 15.7 Å². The normalized spacial score (nSPS) is 13.8. The number of fused-ring (bicyclic) bond motifs is 1. The second-order valence-electron chi connectivity index (χ2n) is 6.64. The highest BCUT2D eigenvalue weighted by atomic mass is 127. The molecule has 3 rings (SSSR count). The van der Waals surface area contributed by atoms with E-state index in [1.165, 1.54) is 10.1 Å². The number of aliphatic hydroxyl groups excluding tert-OH is 1. The van der Waals surface area contributed by atoms with E-state index in [0.717, 1.165) is 23.9 Å². The van der Waals surface area contributed by atoms with E-state index in [-0.39, 0.29) is 24.0 Å². The van der Waals surface area contributed by atoms with Crippen LogP contribution >= 0.6 is 35.3 Å². The first-order chi connectivity index (χ1) is 13.2. The Bertz CT molecular complexity index is 831. The van der Waals surface area contributed by atoms with Gasteiger partial charge in [-0.3, -0.25) is 9.67 Å². The van der Waals surface area contributed by atoms with Crippen molar-refractivity contribution in [1.29, 1.82) is 0 Å². The summed E-state index contributed by atoms with van der Waals surface area (Å²) in [6.07, 6.45) is 3.19. The molecule has 3 aromatic rings. The molecule has 8 heteroatoms. The van der Waals surface area contributed by atoms with E-state index in [1.54, 1.807) is 17.5 Å². The topological polar surface area (TPSA) is 74.5 Å². The minimum absolute atomic E-state index is 0. The maximum Gasteiger partial charge on any atom is 0.191 e. The van der Waals surface area contributed by atoms with Crippen molar-refractivity contribution in [2.75, 3.05) is 19.6 Å². The fourth-order valence-electron chi connectivity index (χ4n) is 2.83. The molecule has 0 amide bonds. The molecule has 2 atom stereocenters. The van der Waals surface area contributed by atoms with Crippen LogP contribution in [0.15, 0.2) is 53.8 Å². The number of halogens is 1. The maximum atomic E-state index is 10.5. The van der Waals surface area contributed by atoms with E-state index < -0.39 is 6.10 Å². The summed E-state index contributed by atoms with van der Waals surface area (Å²) in [5, 5.41) is 22.4. The fraction of sp³-hybridized carbons (Fsp3) is 0.400. The van der Waals surface area contributed by atoms with E-state index in [1.807, 2.05) is 36.0 Å².